The van der Waals surface area contributed by atoms with Crippen molar-refractivity contribution in [2.45, 2.75) is 18.6 Å². The van der Waals surface area contributed by atoms with Crippen LogP contribution in [0.4, 0.5) is 13.2 Å². The van der Waals surface area contributed by atoms with Gasteiger partial charge in [-0.2, -0.15) is 18.4 Å². The SMILES string of the molecule is N#CC[C@@H](n1ccc(-c2ncnc3[nH]ccc23)c1)C(F)(F)F. The minimum absolute atomic E-state index is 0.541. The molecule has 1 N–H and O–H groups in total. The third-order valence-electron chi connectivity index (χ3n) is 3.36. The maximum Gasteiger partial charge on any atom is 0.410 e. The maximum absolute atomic E-state index is 13.0. The van der Waals surface area contributed by atoms with Gasteiger partial charge in [0.15, 0.2) is 0 Å². The van der Waals surface area contributed by atoms with Gasteiger partial charge >= 0.3 is 6.18 Å². The quantitative estimate of drug-likeness (QED) is 0.805. The van der Waals surface area contributed by atoms with Crippen LogP contribution in [0.25, 0.3) is 22.3 Å². The molecule has 3 heterocycles. The minimum atomic E-state index is -4.49. The molecule has 0 saturated carbocycles. The summed E-state index contributed by atoms with van der Waals surface area (Å²) < 4.78 is 40.0. The van der Waals surface area contributed by atoms with Gasteiger partial charge in [-0.3, -0.25) is 0 Å². The van der Waals surface area contributed by atoms with Crippen molar-refractivity contribution in [3.05, 3.63) is 37.1 Å². The molecule has 3 aromatic rings. The molecule has 1 atom stereocenters. The van der Waals surface area contributed by atoms with Crippen LogP contribution in [0.15, 0.2) is 37.1 Å². The predicted molar refractivity (Wildman–Crippen MR) is 72.6 cm³/mol. The minimum Gasteiger partial charge on any atom is -0.346 e. The average Bonchev–Trinajstić information content (AvgIpc) is 3.11. The summed E-state index contributed by atoms with van der Waals surface area (Å²) >= 11 is 0. The van der Waals surface area contributed by atoms with E-state index >= 15 is 0 Å². The molecule has 0 fully saturated rings. The molecule has 0 unspecified atom stereocenters. The first-order chi connectivity index (χ1) is 10.5. The summed E-state index contributed by atoms with van der Waals surface area (Å²) in [5, 5.41) is 9.34. The number of hydrogen-bond donors (Lipinski definition) is 1. The maximum atomic E-state index is 13.0. The van der Waals surface area contributed by atoms with Gasteiger partial charge in [0.25, 0.3) is 0 Å². The van der Waals surface area contributed by atoms with Gasteiger partial charge in [-0.05, 0) is 12.1 Å². The van der Waals surface area contributed by atoms with Crippen LogP contribution >= 0.6 is 0 Å². The summed E-state index contributed by atoms with van der Waals surface area (Å²) in [5.41, 5.74) is 1.70. The van der Waals surface area contributed by atoms with Gasteiger partial charge in [0.2, 0.25) is 0 Å². The molecule has 0 spiro atoms. The molecule has 5 nitrogen and oxygen atoms in total. The van der Waals surface area contributed by atoms with Crippen molar-refractivity contribution in [2.24, 2.45) is 0 Å². The Labute approximate surface area is 123 Å². The zero-order chi connectivity index (χ0) is 15.7. The standard InChI is InChI=1S/C14H10F3N5/c15-14(16,17)11(1-4-18)22-6-3-9(7-22)12-10-2-5-19-13(10)21-8-20-12/h2-3,5-8,11H,1H2,(H,19,20,21)/t11-/m1/s1. The molecular formula is C14H10F3N5. The van der Waals surface area contributed by atoms with Crippen LogP contribution in [0.2, 0.25) is 0 Å². The van der Waals surface area contributed by atoms with Crippen molar-refractivity contribution < 1.29 is 13.2 Å². The van der Waals surface area contributed by atoms with E-state index in [1.807, 2.05) is 0 Å². The first-order valence-corrected chi connectivity index (χ1v) is 6.40. The zero-order valence-corrected chi connectivity index (χ0v) is 11.2. The van der Waals surface area contributed by atoms with Crippen LogP contribution in [0, 0.1) is 11.3 Å². The van der Waals surface area contributed by atoms with E-state index in [2.05, 4.69) is 15.0 Å². The first-order valence-electron chi connectivity index (χ1n) is 6.40. The van der Waals surface area contributed by atoms with E-state index in [1.165, 1.54) is 18.7 Å². The van der Waals surface area contributed by atoms with Gasteiger partial charge in [0, 0.05) is 29.5 Å². The molecule has 0 aliphatic carbocycles. The van der Waals surface area contributed by atoms with Crippen LogP contribution in [-0.2, 0) is 0 Å². The number of fused-ring (bicyclic) bond motifs is 1. The third kappa shape index (κ3) is 2.41. The summed E-state index contributed by atoms with van der Waals surface area (Å²) in [6.07, 6.45) is 0.577. The molecule has 0 aromatic carbocycles. The monoisotopic (exact) mass is 305 g/mol. The van der Waals surface area contributed by atoms with Crippen LogP contribution in [0.3, 0.4) is 0 Å². The molecule has 112 valence electrons. The van der Waals surface area contributed by atoms with E-state index in [0.717, 1.165) is 9.95 Å². The molecule has 0 aliphatic rings. The van der Waals surface area contributed by atoms with Crippen LogP contribution in [-0.4, -0.2) is 25.7 Å². The van der Waals surface area contributed by atoms with E-state index in [1.54, 1.807) is 24.4 Å². The van der Waals surface area contributed by atoms with Gasteiger partial charge in [0.05, 0.1) is 18.2 Å². The second kappa shape index (κ2) is 5.18. The Morgan fingerprint density at radius 1 is 1.32 bits per heavy atom. The number of halogens is 3. The molecule has 8 heteroatoms. The highest BCUT2D eigenvalue weighted by Crippen LogP contribution is 2.35. The normalized spacial score (nSPS) is 13.2. The first kappa shape index (κ1) is 14.1. The topological polar surface area (TPSA) is 70.3 Å². The Kier molecular flexibility index (Phi) is 3.33. The van der Waals surface area contributed by atoms with Gasteiger partial charge in [-0.25, -0.2) is 9.97 Å². The van der Waals surface area contributed by atoms with E-state index < -0.39 is 18.6 Å². The van der Waals surface area contributed by atoms with Crippen molar-refractivity contribution in [3.8, 4) is 17.3 Å². The lowest BCUT2D eigenvalue weighted by molar-refractivity contribution is -0.166. The van der Waals surface area contributed by atoms with Crippen molar-refractivity contribution in [1.82, 2.24) is 19.5 Å². The molecule has 22 heavy (non-hydrogen) atoms. The number of aromatic nitrogens is 4. The van der Waals surface area contributed by atoms with Crippen molar-refractivity contribution in [3.63, 3.8) is 0 Å². The Morgan fingerprint density at radius 2 is 2.14 bits per heavy atom. The summed E-state index contributed by atoms with van der Waals surface area (Å²) in [5.74, 6) is 0. The summed E-state index contributed by atoms with van der Waals surface area (Å²) in [4.78, 5) is 11.1. The summed E-state index contributed by atoms with van der Waals surface area (Å²) in [6.45, 7) is 0. The predicted octanol–water partition coefficient (Wildman–Crippen LogP) is 3.44. The number of nitriles is 1. The van der Waals surface area contributed by atoms with Crippen molar-refractivity contribution in [1.29, 1.82) is 5.26 Å². The van der Waals surface area contributed by atoms with Gasteiger partial charge in [-0.15, -0.1) is 0 Å². The van der Waals surface area contributed by atoms with Gasteiger partial charge in [0.1, 0.15) is 18.0 Å². The molecule has 3 aromatic heterocycles. The zero-order valence-electron chi connectivity index (χ0n) is 11.2. The summed E-state index contributed by atoms with van der Waals surface area (Å²) in [6, 6.07) is 3.02. The lowest BCUT2D eigenvalue weighted by Crippen LogP contribution is -2.25. The fourth-order valence-corrected chi connectivity index (χ4v) is 2.33. The highest BCUT2D eigenvalue weighted by atomic mass is 19.4. The molecule has 0 radical (unpaired) electrons. The second-order valence-electron chi connectivity index (χ2n) is 4.73. The van der Waals surface area contributed by atoms with Crippen LogP contribution in [0.1, 0.15) is 12.5 Å². The average molecular weight is 305 g/mol. The van der Waals surface area contributed by atoms with E-state index in [4.69, 9.17) is 5.26 Å². The fraction of sp³-hybridized carbons (Fsp3) is 0.214. The third-order valence-corrected chi connectivity index (χ3v) is 3.36. The Morgan fingerprint density at radius 3 is 2.86 bits per heavy atom. The largest absolute Gasteiger partial charge is 0.410 e. The molecule has 0 saturated heterocycles. The van der Waals surface area contributed by atoms with Crippen molar-refractivity contribution in [2.75, 3.05) is 0 Å². The number of H-pyrrole nitrogens is 1. The lowest BCUT2D eigenvalue weighted by Gasteiger charge is -2.19. The van der Waals surface area contributed by atoms with E-state index in [9.17, 15) is 13.2 Å². The van der Waals surface area contributed by atoms with Crippen LogP contribution in [0.5, 0.6) is 0 Å². The molecule has 0 amide bonds. The van der Waals surface area contributed by atoms with E-state index in [-0.39, 0.29) is 0 Å². The Balaban J connectivity index is 2.04. The number of nitrogens with one attached hydrogen (secondary N) is 1. The van der Waals surface area contributed by atoms with Crippen LogP contribution < -0.4 is 0 Å². The molecule has 0 bridgehead atoms. The van der Waals surface area contributed by atoms with Crippen molar-refractivity contribution >= 4 is 11.0 Å². The molecule has 3 rings (SSSR count). The smallest absolute Gasteiger partial charge is 0.346 e. The van der Waals surface area contributed by atoms with Gasteiger partial charge < -0.3 is 9.55 Å². The number of hydrogen-bond acceptors (Lipinski definition) is 3. The summed E-state index contributed by atoms with van der Waals surface area (Å²) in [7, 11) is 0. The number of rotatable bonds is 3. The number of nitrogens with zero attached hydrogens (tertiary/aromatic N) is 4. The van der Waals surface area contributed by atoms with Gasteiger partial charge in [-0.1, -0.05) is 0 Å². The molecule has 0 aliphatic heterocycles. The number of alkyl halides is 3. The highest BCUT2D eigenvalue weighted by Gasteiger charge is 2.40. The van der Waals surface area contributed by atoms with E-state index in [0.29, 0.717) is 16.9 Å². The second-order valence-corrected chi connectivity index (χ2v) is 4.73. The molecular weight excluding hydrogens is 295 g/mol. The fourth-order valence-electron chi connectivity index (χ4n) is 2.33. The number of aromatic amines is 1. The lowest BCUT2D eigenvalue weighted by atomic mass is 10.2. The Bertz CT molecular complexity index is 840. The Hall–Kier alpha value is -2.82. The highest BCUT2D eigenvalue weighted by molar-refractivity contribution is 5.90.